The molecule has 1 N–H and O–H groups in total. The van der Waals surface area contributed by atoms with Gasteiger partial charge in [-0.3, -0.25) is 9.78 Å². The number of nitrogens with one attached hydrogen (secondary N) is 1. The van der Waals surface area contributed by atoms with Gasteiger partial charge in [-0.2, -0.15) is 4.31 Å². The fraction of sp³-hybridized carbons (Fsp3) is 0.286. The first kappa shape index (κ1) is 22.1. The van der Waals surface area contributed by atoms with Crippen LogP contribution in [0.5, 0.6) is 0 Å². The molecule has 0 aliphatic rings. The first-order valence-corrected chi connectivity index (χ1v) is 12.0. The molecule has 0 aliphatic heterocycles. The van der Waals surface area contributed by atoms with Crippen LogP contribution in [0.2, 0.25) is 0 Å². The predicted molar refractivity (Wildman–Crippen MR) is 117 cm³/mol. The number of benzene rings is 1. The van der Waals surface area contributed by atoms with Gasteiger partial charge >= 0.3 is 0 Å². The van der Waals surface area contributed by atoms with Gasteiger partial charge in [0.15, 0.2) is 0 Å². The number of sulfonamides is 1. The van der Waals surface area contributed by atoms with Gasteiger partial charge in [-0.25, -0.2) is 13.4 Å². The summed E-state index contributed by atoms with van der Waals surface area (Å²) < 4.78 is 26.5. The van der Waals surface area contributed by atoms with Crippen LogP contribution in [0.15, 0.2) is 58.9 Å². The van der Waals surface area contributed by atoms with Gasteiger partial charge in [0.05, 0.1) is 22.7 Å². The minimum Gasteiger partial charge on any atom is -0.352 e. The molecule has 0 saturated heterocycles. The molecule has 0 atom stereocenters. The largest absolute Gasteiger partial charge is 0.352 e. The van der Waals surface area contributed by atoms with Crippen LogP contribution in [0, 0.1) is 0 Å². The molecule has 0 aliphatic carbocycles. The molecular weight excluding hydrogens is 420 g/mol. The molecule has 0 radical (unpaired) electrons. The van der Waals surface area contributed by atoms with Gasteiger partial charge < -0.3 is 5.32 Å². The summed E-state index contributed by atoms with van der Waals surface area (Å²) in [6.07, 6.45) is 1.89. The molecule has 1 aromatic carbocycles. The van der Waals surface area contributed by atoms with Crippen molar-refractivity contribution in [1.82, 2.24) is 19.6 Å². The Morgan fingerprint density at radius 2 is 1.83 bits per heavy atom. The number of amides is 1. The van der Waals surface area contributed by atoms with Crippen molar-refractivity contribution in [2.75, 3.05) is 13.1 Å². The first-order chi connectivity index (χ1) is 14.4. The summed E-state index contributed by atoms with van der Waals surface area (Å²) in [5.41, 5.74) is 2.31. The Morgan fingerprint density at radius 1 is 1.10 bits per heavy atom. The number of aromatic nitrogens is 2. The van der Waals surface area contributed by atoms with Crippen molar-refractivity contribution in [3.05, 3.63) is 65.3 Å². The minimum atomic E-state index is -3.48. The lowest BCUT2D eigenvalue weighted by Crippen LogP contribution is -2.30. The maximum atomic E-state index is 12.5. The van der Waals surface area contributed by atoms with Crippen LogP contribution in [-0.4, -0.2) is 41.7 Å². The van der Waals surface area contributed by atoms with Crippen LogP contribution in [0.25, 0.3) is 10.7 Å². The third-order valence-corrected chi connectivity index (χ3v) is 7.51. The van der Waals surface area contributed by atoms with Crippen molar-refractivity contribution < 1.29 is 13.2 Å². The van der Waals surface area contributed by atoms with E-state index in [4.69, 9.17) is 0 Å². The highest BCUT2D eigenvalue weighted by Crippen LogP contribution is 2.21. The fourth-order valence-corrected chi connectivity index (χ4v) is 5.17. The summed E-state index contributed by atoms with van der Waals surface area (Å²) >= 11 is 1.45. The number of carbonyl (C=O) groups excluding carboxylic acids is 1. The summed E-state index contributed by atoms with van der Waals surface area (Å²) in [6.45, 7) is 4.80. The molecule has 0 spiro atoms. The lowest BCUT2D eigenvalue weighted by molar-refractivity contribution is -0.120. The van der Waals surface area contributed by atoms with E-state index in [-0.39, 0.29) is 17.2 Å². The smallest absolute Gasteiger partial charge is 0.243 e. The predicted octanol–water partition coefficient (Wildman–Crippen LogP) is 3.09. The van der Waals surface area contributed by atoms with E-state index >= 15 is 0 Å². The molecule has 158 valence electrons. The van der Waals surface area contributed by atoms with Crippen LogP contribution in [0.4, 0.5) is 0 Å². The zero-order valence-electron chi connectivity index (χ0n) is 16.9. The first-order valence-electron chi connectivity index (χ1n) is 9.65. The Labute approximate surface area is 180 Å². The van der Waals surface area contributed by atoms with Crippen LogP contribution < -0.4 is 5.32 Å². The van der Waals surface area contributed by atoms with Crippen LogP contribution >= 0.6 is 11.3 Å². The number of thiazole rings is 1. The SMILES string of the molecule is CCN(CC)S(=O)(=O)c1ccc(CNC(=O)Cc2csc(-c3ccccn3)n2)cc1. The summed E-state index contributed by atoms with van der Waals surface area (Å²) in [5.74, 6) is -0.146. The van der Waals surface area contributed by atoms with Gasteiger partial charge in [0, 0.05) is 31.2 Å². The normalized spacial score (nSPS) is 11.6. The second kappa shape index (κ2) is 9.92. The average Bonchev–Trinajstić information content (AvgIpc) is 3.22. The van der Waals surface area contributed by atoms with E-state index in [1.54, 1.807) is 30.5 Å². The molecule has 2 heterocycles. The van der Waals surface area contributed by atoms with Gasteiger partial charge in [-0.15, -0.1) is 11.3 Å². The Hall–Kier alpha value is -2.62. The van der Waals surface area contributed by atoms with Crippen LogP contribution in [0.3, 0.4) is 0 Å². The Balaban J connectivity index is 1.56. The maximum Gasteiger partial charge on any atom is 0.243 e. The van der Waals surface area contributed by atoms with Gasteiger partial charge in [-0.05, 0) is 29.8 Å². The monoisotopic (exact) mass is 444 g/mol. The highest BCUT2D eigenvalue weighted by Gasteiger charge is 2.21. The summed E-state index contributed by atoms with van der Waals surface area (Å²) in [7, 11) is -3.48. The number of nitrogens with zero attached hydrogens (tertiary/aromatic N) is 3. The molecule has 9 heteroatoms. The standard InChI is InChI=1S/C21H24N4O3S2/c1-3-25(4-2)30(27,28)18-10-8-16(9-11-18)14-23-20(26)13-17-15-29-21(24-17)19-7-5-6-12-22-19/h5-12,15H,3-4,13-14H2,1-2H3,(H,23,26). The third-order valence-electron chi connectivity index (χ3n) is 4.53. The van der Waals surface area contributed by atoms with Gasteiger partial charge in [-0.1, -0.05) is 32.0 Å². The van der Waals surface area contributed by atoms with Crippen LogP contribution in [-0.2, 0) is 27.8 Å². The van der Waals surface area contributed by atoms with Crippen molar-refractivity contribution in [2.45, 2.75) is 31.7 Å². The van der Waals surface area contributed by atoms with E-state index in [0.29, 0.717) is 25.3 Å². The van der Waals surface area contributed by atoms with Crippen molar-refractivity contribution in [2.24, 2.45) is 0 Å². The lowest BCUT2D eigenvalue weighted by atomic mass is 10.2. The van der Waals surface area contributed by atoms with Gasteiger partial charge in [0.25, 0.3) is 0 Å². The fourth-order valence-electron chi connectivity index (χ4n) is 2.91. The molecule has 1 amide bonds. The zero-order chi connectivity index (χ0) is 21.6. The molecular formula is C21H24N4O3S2. The summed E-state index contributed by atoms with van der Waals surface area (Å²) in [5, 5.41) is 5.49. The zero-order valence-corrected chi connectivity index (χ0v) is 18.5. The second-order valence-corrected chi connectivity index (χ2v) is 9.34. The van der Waals surface area contributed by atoms with Gasteiger partial charge in [0.1, 0.15) is 5.01 Å². The average molecular weight is 445 g/mol. The highest BCUT2D eigenvalue weighted by molar-refractivity contribution is 7.89. The molecule has 3 rings (SSSR count). The number of carbonyl (C=O) groups is 1. The van der Waals surface area contributed by atoms with Crippen molar-refractivity contribution in [3.63, 3.8) is 0 Å². The minimum absolute atomic E-state index is 0.146. The highest BCUT2D eigenvalue weighted by atomic mass is 32.2. The Morgan fingerprint density at radius 3 is 2.47 bits per heavy atom. The molecule has 3 aromatic rings. The third kappa shape index (κ3) is 5.29. The molecule has 0 unspecified atom stereocenters. The summed E-state index contributed by atoms with van der Waals surface area (Å²) in [6, 6.07) is 12.2. The summed E-state index contributed by atoms with van der Waals surface area (Å²) in [4.78, 5) is 21.3. The number of hydrogen-bond donors (Lipinski definition) is 1. The van der Waals surface area contributed by atoms with E-state index in [1.165, 1.54) is 15.6 Å². The molecule has 0 bridgehead atoms. The molecule has 7 nitrogen and oxygen atoms in total. The number of rotatable bonds is 9. The Bertz CT molecular complexity index is 1080. The van der Waals surface area contributed by atoms with Crippen molar-refractivity contribution >= 4 is 27.3 Å². The van der Waals surface area contributed by atoms with E-state index < -0.39 is 10.0 Å². The molecule has 0 saturated carbocycles. The quantitative estimate of drug-likeness (QED) is 0.548. The van der Waals surface area contributed by atoms with E-state index in [9.17, 15) is 13.2 Å². The van der Waals surface area contributed by atoms with Crippen LogP contribution in [0.1, 0.15) is 25.1 Å². The van der Waals surface area contributed by atoms with Gasteiger partial charge in [0.2, 0.25) is 15.9 Å². The number of pyridine rings is 1. The molecule has 2 aromatic heterocycles. The van der Waals surface area contributed by atoms with E-state index in [1.807, 2.05) is 37.4 Å². The second-order valence-electron chi connectivity index (χ2n) is 6.55. The topological polar surface area (TPSA) is 92.3 Å². The Kier molecular flexibility index (Phi) is 7.30. The maximum absolute atomic E-state index is 12.5. The molecule has 30 heavy (non-hydrogen) atoms. The number of hydrogen-bond acceptors (Lipinski definition) is 6. The van der Waals surface area contributed by atoms with Crippen molar-refractivity contribution in [1.29, 1.82) is 0 Å². The van der Waals surface area contributed by atoms with Crippen molar-refractivity contribution in [3.8, 4) is 10.7 Å². The van der Waals surface area contributed by atoms with E-state index in [2.05, 4.69) is 15.3 Å². The lowest BCUT2D eigenvalue weighted by Gasteiger charge is -2.18. The molecule has 0 fully saturated rings. The van der Waals surface area contributed by atoms with E-state index in [0.717, 1.165) is 16.3 Å².